The Bertz CT molecular complexity index is 346. The van der Waals surface area contributed by atoms with Crippen LogP contribution in [0.25, 0.3) is 0 Å². The van der Waals surface area contributed by atoms with Crippen LogP contribution in [0.4, 0.5) is 4.79 Å². The average molecular weight is 249 g/mol. The van der Waals surface area contributed by atoms with Crippen molar-refractivity contribution in [2.45, 2.75) is 32.9 Å². The summed E-state index contributed by atoms with van der Waals surface area (Å²) in [5.41, 5.74) is 0.250. The van der Waals surface area contributed by atoms with Crippen LogP contribution in [0.3, 0.4) is 0 Å². The zero-order chi connectivity index (χ0) is 11.5. The lowest BCUT2D eigenvalue weighted by molar-refractivity contribution is 0.0523. The topological polar surface area (TPSA) is 51.2 Å². The summed E-state index contributed by atoms with van der Waals surface area (Å²) in [6.07, 6.45) is -0.452. The summed E-state index contributed by atoms with van der Waals surface area (Å²) in [6, 6.07) is 0. The van der Waals surface area contributed by atoms with Crippen molar-refractivity contribution < 1.29 is 9.53 Å². The minimum atomic E-state index is -0.482. The van der Waals surface area contributed by atoms with E-state index in [-0.39, 0.29) is 0 Å². The minimum absolute atomic E-state index is 0.331. The zero-order valence-electron chi connectivity index (χ0n) is 8.83. The largest absolute Gasteiger partial charge is 0.444 e. The molecule has 15 heavy (non-hydrogen) atoms. The van der Waals surface area contributed by atoms with Crippen molar-refractivity contribution in [3.05, 3.63) is 15.5 Å². The van der Waals surface area contributed by atoms with Gasteiger partial charge in [0.1, 0.15) is 5.60 Å². The number of nitrogens with zero attached hydrogens (tertiary/aromatic N) is 1. The maximum Gasteiger partial charge on any atom is 0.407 e. The first-order valence-corrected chi connectivity index (χ1v) is 5.69. The van der Waals surface area contributed by atoms with Gasteiger partial charge in [-0.15, -0.1) is 11.3 Å². The molecule has 6 heteroatoms. The number of carbonyl (C=O) groups excluding carboxylic acids is 1. The number of ether oxygens (including phenoxy) is 1. The highest BCUT2D eigenvalue weighted by Gasteiger charge is 2.15. The molecule has 0 aliphatic rings. The van der Waals surface area contributed by atoms with Gasteiger partial charge in [-0.1, -0.05) is 11.6 Å². The second-order valence-corrected chi connectivity index (χ2v) is 5.39. The van der Waals surface area contributed by atoms with Crippen molar-refractivity contribution in [2.24, 2.45) is 0 Å². The van der Waals surface area contributed by atoms with E-state index in [9.17, 15) is 4.79 Å². The molecule has 0 bridgehead atoms. The summed E-state index contributed by atoms with van der Waals surface area (Å²) in [5.74, 6) is 0. The molecule has 1 aromatic rings. The van der Waals surface area contributed by atoms with Gasteiger partial charge < -0.3 is 10.1 Å². The molecule has 84 valence electrons. The molecule has 4 nitrogen and oxygen atoms in total. The van der Waals surface area contributed by atoms with Crippen molar-refractivity contribution in [1.82, 2.24) is 10.3 Å². The van der Waals surface area contributed by atoms with Gasteiger partial charge in [0.25, 0.3) is 0 Å². The molecule has 0 aromatic carbocycles. The Morgan fingerprint density at radius 3 is 2.80 bits per heavy atom. The van der Waals surface area contributed by atoms with Crippen molar-refractivity contribution in [2.75, 3.05) is 0 Å². The zero-order valence-corrected chi connectivity index (χ0v) is 10.4. The molecule has 1 aromatic heterocycles. The number of alkyl carbamates (subject to hydrolysis) is 1. The molecule has 0 saturated heterocycles. The van der Waals surface area contributed by atoms with Gasteiger partial charge in [-0.2, -0.15) is 0 Å². The van der Waals surface area contributed by atoms with Crippen molar-refractivity contribution in [3.8, 4) is 0 Å². The molecule has 1 rings (SSSR count). The molecule has 0 spiro atoms. The molecule has 0 unspecified atom stereocenters. The number of hydrogen-bond acceptors (Lipinski definition) is 4. The lowest BCUT2D eigenvalue weighted by Crippen LogP contribution is -2.32. The van der Waals surface area contributed by atoms with Crippen LogP contribution in [0.1, 0.15) is 26.5 Å². The van der Waals surface area contributed by atoms with Crippen LogP contribution in [0.2, 0.25) is 4.47 Å². The second-order valence-electron chi connectivity index (χ2n) is 3.95. The molecule has 0 fully saturated rings. The van der Waals surface area contributed by atoms with Gasteiger partial charge in [-0.05, 0) is 20.8 Å². The number of amides is 1. The van der Waals surface area contributed by atoms with E-state index >= 15 is 0 Å². The highest BCUT2D eigenvalue weighted by atomic mass is 35.5. The SMILES string of the molecule is CC(C)(C)OC(=O)NCc1csc(Cl)n1. The molecular weight excluding hydrogens is 236 g/mol. The number of halogens is 1. The highest BCUT2D eigenvalue weighted by Crippen LogP contribution is 2.14. The fourth-order valence-corrected chi connectivity index (χ4v) is 1.62. The molecule has 0 atom stereocenters. The maximum absolute atomic E-state index is 11.2. The van der Waals surface area contributed by atoms with Crippen LogP contribution in [0, 0.1) is 0 Å². The van der Waals surface area contributed by atoms with E-state index in [1.54, 1.807) is 5.38 Å². The lowest BCUT2D eigenvalue weighted by Gasteiger charge is -2.19. The van der Waals surface area contributed by atoms with Crippen LogP contribution in [-0.2, 0) is 11.3 Å². The van der Waals surface area contributed by atoms with Crippen LogP contribution in [0.15, 0.2) is 5.38 Å². The van der Waals surface area contributed by atoms with Gasteiger partial charge in [0.15, 0.2) is 4.47 Å². The maximum atomic E-state index is 11.2. The quantitative estimate of drug-likeness (QED) is 0.876. The third-order valence-electron chi connectivity index (χ3n) is 1.34. The Morgan fingerprint density at radius 1 is 1.67 bits per heavy atom. The molecule has 0 saturated carbocycles. The van der Waals surface area contributed by atoms with Gasteiger partial charge in [0.2, 0.25) is 0 Å². The molecular formula is C9H13ClN2O2S. The van der Waals surface area contributed by atoms with Gasteiger partial charge in [0, 0.05) is 5.38 Å². The average Bonchev–Trinajstić information content (AvgIpc) is 2.45. The molecule has 1 heterocycles. The Morgan fingerprint density at radius 2 is 2.33 bits per heavy atom. The molecule has 1 amide bonds. The summed E-state index contributed by atoms with van der Waals surface area (Å²) in [7, 11) is 0. The van der Waals surface area contributed by atoms with E-state index in [4.69, 9.17) is 16.3 Å². The Hall–Kier alpha value is -0.810. The van der Waals surface area contributed by atoms with Crippen LogP contribution in [0.5, 0.6) is 0 Å². The Balaban J connectivity index is 2.35. The van der Waals surface area contributed by atoms with Crippen LogP contribution >= 0.6 is 22.9 Å². The monoisotopic (exact) mass is 248 g/mol. The van der Waals surface area contributed by atoms with Gasteiger partial charge >= 0.3 is 6.09 Å². The van der Waals surface area contributed by atoms with Gasteiger partial charge in [-0.3, -0.25) is 0 Å². The fraction of sp³-hybridized carbons (Fsp3) is 0.556. The number of thiazole rings is 1. The summed E-state index contributed by atoms with van der Waals surface area (Å²) >= 11 is 6.98. The van der Waals surface area contributed by atoms with E-state index in [0.29, 0.717) is 11.0 Å². The van der Waals surface area contributed by atoms with Crippen LogP contribution < -0.4 is 5.32 Å². The van der Waals surface area contributed by atoms with E-state index in [1.165, 1.54) is 11.3 Å². The molecule has 0 aliphatic heterocycles. The van der Waals surface area contributed by atoms with E-state index in [0.717, 1.165) is 5.69 Å². The minimum Gasteiger partial charge on any atom is -0.444 e. The Labute approximate surface area is 97.6 Å². The van der Waals surface area contributed by atoms with Crippen molar-refractivity contribution >= 4 is 29.0 Å². The smallest absolute Gasteiger partial charge is 0.407 e. The predicted molar refractivity (Wildman–Crippen MR) is 60.2 cm³/mol. The molecule has 0 aliphatic carbocycles. The normalized spacial score (nSPS) is 11.2. The van der Waals surface area contributed by atoms with Gasteiger partial charge in [-0.25, -0.2) is 9.78 Å². The highest BCUT2D eigenvalue weighted by molar-refractivity contribution is 7.13. The standard InChI is InChI=1S/C9H13ClN2O2S/c1-9(2,3)14-8(13)11-4-6-5-15-7(10)12-6/h5H,4H2,1-3H3,(H,11,13). The number of hydrogen-bond donors (Lipinski definition) is 1. The second kappa shape index (κ2) is 4.81. The summed E-state index contributed by atoms with van der Waals surface area (Å²) in [4.78, 5) is 15.2. The first kappa shape index (κ1) is 12.3. The number of aromatic nitrogens is 1. The lowest BCUT2D eigenvalue weighted by atomic mass is 10.2. The van der Waals surface area contributed by atoms with Gasteiger partial charge in [0.05, 0.1) is 12.2 Å². The molecule has 0 radical (unpaired) electrons. The third kappa shape index (κ3) is 4.99. The summed E-state index contributed by atoms with van der Waals surface area (Å²) < 4.78 is 5.53. The summed E-state index contributed by atoms with van der Waals surface area (Å²) in [5, 5.41) is 4.38. The van der Waals surface area contributed by atoms with E-state index in [1.807, 2.05) is 20.8 Å². The number of nitrogens with one attached hydrogen (secondary N) is 1. The number of carbonyl (C=O) groups is 1. The Kier molecular flexibility index (Phi) is 3.93. The van der Waals surface area contributed by atoms with E-state index in [2.05, 4.69) is 10.3 Å². The fourth-order valence-electron chi connectivity index (χ4n) is 0.840. The predicted octanol–water partition coefficient (Wildman–Crippen LogP) is 2.82. The van der Waals surface area contributed by atoms with Crippen molar-refractivity contribution in [3.63, 3.8) is 0 Å². The van der Waals surface area contributed by atoms with E-state index < -0.39 is 11.7 Å². The first-order valence-electron chi connectivity index (χ1n) is 4.43. The molecule has 1 N–H and O–H groups in total. The summed E-state index contributed by atoms with van der Waals surface area (Å²) in [6.45, 7) is 5.77. The number of rotatable bonds is 2. The van der Waals surface area contributed by atoms with Crippen molar-refractivity contribution in [1.29, 1.82) is 0 Å². The first-order chi connectivity index (χ1) is 6.87. The third-order valence-corrected chi connectivity index (χ3v) is 2.36. The van der Waals surface area contributed by atoms with Crippen LogP contribution in [-0.4, -0.2) is 16.7 Å².